The SMILES string of the molecule is CN(C)C(=O)COc1ccc(NC(=O)CCc2nc3ccccc3s2)cc1. The van der Waals surface area contributed by atoms with E-state index < -0.39 is 0 Å². The number of anilines is 1. The van der Waals surface area contributed by atoms with Crippen molar-refractivity contribution >= 4 is 39.1 Å². The lowest BCUT2D eigenvalue weighted by atomic mass is 10.2. The van der Waals surface area contributed by atoms with Crippen LogP contribution < -0.4 is 10.1 Å². The van der Waals surface area contributed by atoms with Gasteiger partial charge in [-0.1, -0.05) is 12.1 Å². The predicted molar refractivity (Wildman–Crippen MR) is 107 cm³/mol. The molecule has 1 aromatic heterocycles. The highest BCUT2D eigenvalue weighted by Crippen LogP contribution is 2.22. The molecule has 2 amide bonds. The first-order valence-electron chi connectivity index (χ1n) is 8.58. The number of likely N-dealkylation sites (N-methyl/N-ethyl adjacent to an activating group) is 1. The fourth-order valence-electron chi connectivity index (χ4n) is 2.38. The molecule has 0 radical (unpaired) electrons. The quantitative estimate of drug-likeness (QED) is 0.679. The number of hydrogen-bond acceptors (Lipinski definition) is 5. The third-order valence-corrected chi connectivity index (χ3v) is 5.00. The van der Waals surface area contributed by atoms with Gasteiger partial charge in [0.2, 0.25) is 5.91 Å². The van der Waals surface area contributed by atoms with E-state index in [-0.39, 0.29) is 18.4 Å². The molecule has 0 fully saturated rings. The van der Waals surface area contributed by atoms with Crippen LogP contribution in [-0.2, 0) is 16.0 Å². The molecule has 1 N–H and O–H groups in total. The van der Waals surface area contributed by atoms with E-state index in [4.69, 9.17) is 4.74 Å². The van der Waals surface area contributed by atoms with Crippen LogP contribution in [0, 0.1) is 0 Å². The Bertz CT molecular complexity index is 902. The zero-order valence-corrected chi connectivity index (χ0v) is 16.1. The minimum absolute atomic E-state index is 0.0130. The molecule has 2 aromatic carbocycles. The van der Waals surface area contributed by atoms with Crippen molar-refractivity contribution < 1.29 is 14.3 Å². The summed E-state index contributed by atoms with van der Waals surface area (Å²) in [5.41, 5.74) is 1.66. The normalized spacial score (nSPS) is 10.6. The molecule has 6 nitrogen and oxygen atoms in total. The van der Waals surface area contributed by atoms with Gasteiger partial charge in [0.15, 0.2) is 6.61 Å². The van der Waals surface area contributed by atoms with Gasteiger partial charge in [0, 0.05) is 32.6 Å². The zero-order chi connectivity index (χ0) is 19.2. The largest absolute Gasteiger partial charge is 0.484 e. The van der Waals surface area contributed by atoms with Crippen molar-refractivity contribution in [2.75, 3.05) is 26.0 Å². The van der Waals surface area contributed by atoms with Crippen molar-refractivity contribution in [1.82, 2.24) is 9.88 Å². The lowest BCUT2D eigenvalue weighted by Crippen LogP contribution is -2.27. The van der Waals surface area contributed by atoms with Crippen LogP contribution in [0.3, 0.4) is 0 Å². The molecule has 0 saturated carbocycles. The lowest BCUT2D eigenvalue weighted by molar-refractivity contribution is -0.130. The van der Waals surface area contributed by atoms with Gasteiger partial charge in [-0.2, -0.15) is 0 Å². The summed E-state index contributed by atoms with van der Waals surface area (Å²) in [7, 11) is 3.36. The molecule has 3 aromatic rings. The topological polar surface area (TPSA) is 71.5 Å². The Kier molecular flexibility index (Phi) is 6.03. The maximum absolute atomic E-state index is 12.2. The summed E-state index contributed by atoms with van der Waals surface area (Å²) < 4.78 is 6.55. The number of nitrogens with one attached hydrogen (secondary N) is 1. The van der Waals surface area contributed by atoms with Crippen LogP contribution in [0.2, 0.25) is 0 Å². The number of thiazole rings is 1. The van der Waals surface area contributed by atoms with Crippen LogP contribution in [-0.4, -0.2) is 42.4 Å². The third kappa shape index (κ3) is 5.27. The standard InChI is InChI=1S/C20H21N3O3S/c1-23(2)20(25)13-26-15-9-7-14(8-10-15)21-18(24)11-12-19-22-16-5-3-4-6-17(16)27-19/h3-10H,11-13H2,1-2H3,(H,21,24). The van der Waals surface area contributed by atoms with Crippen molar-refractivity contribution in [3.8, 4) is 5.75 Å². The Balaban J connectivity index is 1.48. The summed E-state index contributed by atoms with van der Waals surface area (Å²) in [4.78, 5) is 29.7. The first kappa shape index (κ1) is 18.8. The Morgan fingerprint density at radius 1 is 1.11 bits per heavy atom. The maximum atomic E-state index is 12.2. The van der Waals surface area contributed by atoms with Crippen LogP contribution in [0.15, 0.2) is 48.5 Å². The minimum atomic E-state index is -0.109. The van der Waals surface area contributed by atoms with Gasteiger partial charge in [0.1, 0.15) is 5.75 Å². The Hall–Kier alpha value is -2.93. The van der Waals surface area contributed by atoms with Gasteiger partial charge < -0.3 is 15.0 Å². The molecule has 27 heavy (non-hydrogen) atoms. The van der Waals surface area contributed by atoms with E-state index >= 15 is 0 Å². The molecule has 0 aliphatic carbocycles. The van der Waals surface area contributed by atoms with Gasteiger partial charge in [-0.3, -0.25) is 9.59 Å². The van der Waals surface area contributed by atoms with Crippen molar-refractivity contribution in [3.05, 3.63) is 53.5 Å². The van der Waals surface area contributed by atoms with Gasteiger partial charge in [-0.25, -0.2) is 4.98 Å². The number of carbonyl (C=O) groups is 2. The number of ether oxygens (including phenoxy) is 1. The first-order chi connectivity index (χ1) is 13.0. The summed E-state index contributed by atoms with van der Waals surface area (Å²) in [5, 5.41) is 3.82. The minimum Gasteiger partial charge on any atom is -0.484 e. The molecule has 0 spiro atoms. The molecule has 1 heterocycles. The predicted octanol–water partition coefficient (Wildman–Crippen LogP) is 3.33. The fourth-order valence-corrected chi connectivity index (χ4v) is 3.35. The van der Waals surface area contributed by atoms with E-state index in [9.17, 15) is 9.59 Å². The number of amides is 2. The van der Waals surface area contributed by atoms with E-state index in [0.29, 0.717) is 24.3 Å². The average molecular weight is 383 g/mol. The molecular formula is C20H21N3O3S. The summed E-state index contributed by atoms with van der Waals surface area (Å²) in [6.45, 7) is -0.0130. The highest BCUT2D eigenvalue weighted by Gasteiger charge is 2.08. The van der Waals surface area contributed by atoms with E-state index in [1.54, 1.807) is 49.7 Å². The summed E-state index contributed by atoms with van der Waals surface area (Å²) in [5.74, 6) is 0.408. The number of hydrogen-bond donors (Lipinski definition) is 1. The maximum Gasteiger partial charge on any atom is 0.259 e. The molecule has 0 bridgehead atoms. The molecule has 0 atom stereocenters. The highest BCUT2D eigenvalue weighted by molar-refractivity contribution is 7.18. The second kappa shape index (κ2) is 8.64. The number of carbonyl (C=O) groups excluding carboxylic acids is 2. The van der Waals surface area contributed by atoms with Crippen molar-refractivity contribution in [3.63, 3.8) is 0 Å². The van der Waals surface area contributed by atoms with E-state index in [0.717, 1.165) is 15.2 Å². The number of aryl methyl sites for hydroxylation is 1. The van der Waals surface area contributed by atoms with Crippen molar-refractivity contribution in [2.24, 2.45) is 0 Å². The van der Waals surface area contributed by atoms with E-state index in [1.165, 1.54) is 4.90 Å². The third-order valence-electron chi connectivity index (χ3n) is 3.90. The van der Waals surface area contributed by atoms with Crippen molar-refractivity contribution in [1.29, 1.82) is 0 Å². The molecule has 3 rings (SSSR count). The second-order valence-electron chi connectivity index (χ2n) is 6.22. The molecule has 0 unspecified atom stereocenters. The monoisotopic (exact) mass is 383 g/mol. The van der Waals surface area contributed by atoms with Crippen molar-refractivity contribution in [2.45, 2.75) is 12.8 Å². The van der Waals surface area contributed by atoms with Gasteiger partial charge >= 0.3 is 0 Å². The van der Waals surface area contributed by atoms with Gasteiger partial charge in [0.25, 0.3) is 5.91 Å². The van der Waals surface area contributed by atoms with Gasteiger partial charge in [-0.15, -0.1) is 11.3 Å². The zero-order valence-electron chi connectivity index (χ0n) is 15.3. The van der Waals surface area contributed by atoms with Gasteiger partial charge in [-0.05, 0) is 36.4 Å². The Labute approximate surface area is 161 Å². The number of nitrogens with zero attached hydrogens (tertiary/aromatic N) is 2. The highest BCUT2D eigenvalue weighted by atomic mass is 32.1. The molecular weight excluding hydrogens is 362 g/mol. The molecule has 0 aliphatic heterocycles. The Morgan fingerprint density at radius 3 is 2.56 bits per heavy atom. The number of benzene rings is 2. The van der Waals surface area contributed by atoms with Crippen LogP contribution in [0.4, 0.5) is 5.69 Å². The first-order valence-corrected chi connectivity index (χ1v) is 9.40. The number of aromatic nitrogens is 1. The second-order valence-corrected chi connectivity index (χ2v) is 7.34. The summed E-state index contributed by atoms with van der Waals surface area (Å²) in [6.07, 6.45) is 0.981. The smallest absolute Gasteiger partial charge is 0.259 e. The van der Waals surface area contributed by atoms with Crippen LogP contribution in [0.5, 0.6) is 5.75 Å². The Morgan fingerprint density at radius 2 is 1.85 bits per heavy atom. The van der Waals surface area contributed by atoms with Crippen LogP contribution in [0.1, 0.15) is 11.4 Å². The molecule has 0 aliphatic rings. The molecule has 7 heteroatoms. The fraction of sp³-hybridized carbons (Fsp3) is 0.250. The summed E-state index contributed by atoms with van der Waals surface area (Å²) in [6, 6.07) is 14.9. The van der Waals surface area contributed by atoms with E-state index in [2.05, 4.69) is 10.3 Å². The van der Waals surface area contributed by atoms with Crippen LogP contribution in [0.25, 0.3) is 10.2 Å². The van der Waals surface area contributed by atoms with Gasteiger partial charge in [0.05, 0.1) is 15.2 Å². The number of fused-ring (bicyclic) bond motifs is 1. The number of para-hydroxylation sites is 1. The number of rotatable bonds is 7. The molecule has 140 valence electrons. The summed E-state index contributed by atoms with van der Waals surface area (Å²) >= 11 is 1.62. The lowest BCUT2D eigenvalue weighted by Gasteiger charge is -2.11. The molecule has 0 saturated heterocycles. The average Bonchev–Trinajstić information content (AvgIpc) is 3.08. The van der Waals surface area contributed by atoms with Crippen LogP contribution >= 0.6 is 11.3 Å². The van der Waals surface area contributed by atoms with E-state index in [1.807, 2.05) is 24.3 Å².